The van der Waals surface area contributed by atoms with Crippen LogP contribution in [0.3, 0.4) is 0 Å². The Balaban J connectivity index is 5.36. The van der Waals surface area contributed by atoms with Gasteiger partial charge in [-0.05, 0) is 0 Å². The van der Waals surface area contributed by atoms with Gasteiger partial charge in [0.05, 0.1) is 0 Å². The zero-order valence-corrected chi connectivity index (χ0v) is 18.3. The fraction of sp³-hybridized carbons (Fsp3) is 0.733. The van der Waals surface area contributed by atoms with E-state index in [4.69, 9.17) is 0 Å². The molecule has 0 saturated carbocycles. The molecule has 0 aliphatic rings. The average Bonchev–Trinajstić information content (AvgIpc) is 1.94. The van der Waals surface area contributed by atoms with E-state index in [1.54, 1.807) is 0 Å². The van der Waals surface area contributed by atoms with E-state index in [0.717, 1.165) is 4.00 Å². The summed E-state index contributed by atoms with van der Waals surface area (Å²) in [7, 11) is -2.17. The Hall–Kier alpha value is 0.457. The van der Waals surface area contributed by atoms with Crippen LogP contribution in [0, 0.1) is 0 Å². The van der Waals surface area contributed by atoms with Crippen molar-refractivity contribution in [1.82, 2.24) is 0 Å². The Kier molecular flexibility index (Phi) is 5.99. The molecular weight excluding hydrogens is 309 g/mol. The topological polar surface area (TPSA) is 0 Å². The van der Waals surface area contributed by atoms with Crippen molar-refractivity contribution in [2.24, 2.45) is 0 Å². The van der Waals surface area contributed by atoms with Gasteiger partial charge in [0, 0.05) is 0 Å². The van der Waals surface area contributed by atoms with E-state index >= 15 is 0 Å². The molecule has 18 heavy (non-hydrogen) atoms. The van der Waals surface area contributed by atoms with Crippen molar-refractivity contribution in [2.75, 3.05) is 0 Å². The monoisotopic (exact) mass is 344 g/mol. The fourth-order valence-corrected chi connectivity index (χ4v) is 53.5. The second-order valence-corrected chi connectivity index (χ2v) is 32.6. The van der Waals surface area contributed by atoms with Crippen LogP contribution >= 0.6 is 0 Å². The molecule has 0 aromatic rings. The first kappa shape index (κ1) is 18.5. The van der Waals surface area contributed by atoms with Crippen molar-refractivity contribution >= 4 is 29.4 Å². The van der Waals surface area contributed by atoms with E-state index in [-0.39, 0.29) is 0 Å². The van der Waals surface area contributed by atoms with E-state index in [0.29, 0.717) is 0 Å². The minimum atomic E-state index is -1.83. The van der Waals surface area contributed by atoms with Gasteiger partial charge in [-0.25, -0.2) is 0 Å². The minimum absolute atomic E-state index is 1.08. The van der Waals surface area contributed by atoms with Gasteiger partial charge >= 0.3 is 121 Å². The van der Waals surface area contributed by atoms with Crippen LogP contribution in [0.1, 0.15) is 6.92 Å². The first-order valence-electron chi connectivity index (χ1n) is 7.03. The van der Waals surface area contributed by atoms with Crippen molar-refractivity contribution in [3.63, 3.8) is 0 Å². The molecule has 0 spiro atoms. The van der Waals surface area contributed by atoms with Crippen LogP contribution in [0.25, 0.3) is 0 Å². The van der Waals surface area contributed by atoms with Gasteiger partial charge in [0.2, 0.25) is 0 Å². The molecule has 0 rings (SSSR count). The second kappa shape index (κ2) is 5.84. The molecule has 0 radical (unpaired) electrons. The van der Waals surface area contributed by atoms with Crippen LogP contribution in [-0.4, -0.2) is 29.4 Å². The summed E-state index contributed by atoms with van der Waals surface area (Å²) in [5.41, 5.74) is 2.51. The van der Waals surface area contributed by atoms with Crippen LogP contribution in [0.4, 0.5) is 0 Å². The second-order valence-electron chi connectivity index (χ2n) is 8.71. The molecule has 0 saturated heterocycles. The molecule has 0 fully saturated rings. The average molecular weight is 343 g/mol. The predicted octanol–water partition coefficient (Wildman–Crippen LogP) is 5.95. The molecule has 0 bridgehead atoms. The Morgan fingerprint density at radius 1 is 0.944 bits per heavy atom. The molecule has 106 valence electrons. The summed E-state index contributed by atoms with van der Waals surface area (Å²) in [6.07, 6.45) is 0. The van der Waals surface area contributed by atoms with Crippen LogP contribution in [0.5, 0.6) is 0 Å². The third kappa shape index (κ3) is 5.22. The zero-order valence-electron chi connectivity index (χ0n) is 14.2. The molecule has 0 heterocycles. The number of hydrogen-bond donors (Lipinski definition) is 0. The zero-order chi connectivity index (χ0) is 14.9. The predicted molar refractivity (Wildman–Crippen MR) is 96.7 cm³/mol. The van der Waals surface area contributed by atoms with Gasteiger partial charge in [0.1, 0.15) is 0 Å². The summed E-state index contributed by atoms with van der Waals surface area (Å²) in [6, 6.07) is 0. The molecule has 0 aliphatic carbocycles. The summed E-state index contributed by atoms with van der Waals surface area (Å²) in [5.74, 6) is 5.27. The van der Waals surface area contributed by atoms with Gasteiger partial charge in [-0.1, -0.05) is 0 Å². The Morgan fingerprint density at radius 2 is 1.28 bits per heavy atom. The summed E-state index contributed by atoms with van der Waals surface area (Å²) < 4.78 is 1.08. The molecule has 0 N–H and O–H groups in total. The molecule has 0 atom stereocenters. The summed E-state index contributed by atoms with van der Waals surface area (Å²) in [4.78, 5) is 0. The van der Waals surface area contributed by atoms with E-state index in [1.165, 1.54) is 16.4 Å². The summed E-state index contributed by atoms with van der Waals surface area (Å²) in [5, 5.41) is 1.29. The van der Waals surface area contributed by atoms with Crippen LogP contribution in [-0.2, 0) is 0 Å². The summed E-state index contributed by atoms with van der Waals surface area (Å²) >= 11 is -1.83. The van der Waals surface area contributed by atoms with Gasteiger partial charge in [-0.2, -0.15) is 0 Å². The van der Waals surface area contributed by atoms with Crippen LogP contribution in [0.15, 0.2) is 24.3 Å². The van der Waals surface area contributed by atoms with E-state index in [9.17, 15) is 0 Å². The number of allylic oxidation sites excluding steroid dienone is 2. The molecule has 0 aliphatic heterocycles. The Bertz CT molecular complexity index is 315. The maximum atomic E-state index is 4.26. The SMILES string of the molecule is C=C(C)C(=C)[CH2][Ge]([CH3])([CH3])[CH]([Si](C)(C)C)[Si](C)(C)C. The van der Waals surface area contributed by atoms with Gasteiger partial charge in [-0.3, -0.25) is 0 Å². The van der Waals surface area contributed by atoms with Crippen molar-refractivity contribution in [1.29, 1.82) is 0 Å². The number of hydrogen-bond acceptors (Lipinski definition) is 0. The third-order valence-corrected chi connectivity index (χ3v) is 37.6. The van der Waals surface area contributed by atoms with E-state index in [2.05, 4.69) is 70.9 Å². The molecule has 0 aromatic heterocycles. The first-order valence-corrected chi connectivity index (χ1v) is 21.1. The molecule has 3 heteroatoms. The van der Waals surface area contributed by atoms with Gasteiger partial charge in [0.15, 0.2) is 0 Å². The standard InChI is InChI=1S/C15H34GeSi2/c1-13(2)14(3)12-16(4,5)15(17(6,7)8)18(9,10)11/h15H,1,3,12H2,2,4-11H3. The maximum absolute atomic E-state index is 4.26. The fourth-order valence-electron chi connectivity index (χ4n) is 4.45. The molecule has 0 nitrogen and oxygen atoms in total. The van der Waals surface area contributed by atoms with Crippen LogP contribution < -0.4 is 0 Å². The molecule has 0 unspecified atom stereocenters. The third-order valence-electron chi connectivity index (χ3n) is 3.79. The first-order chi connectivity index (χ1) is 7.69. The van der Waals surface area contributed by atoms with Crippen molar-refractivity contribution in [2.45, 2.75) is 67.0 Å². The van der Waals surface area contributed by atoms with Crippen molar-refractivity contribution < 1.29 is 0 Å². The van der Waals surface area contributed by atoms with Crippen molar-refractivity contribution in [3.8, 4) is 0 Å². The Morgan fingerprint density at radius 3 is 1.50 bits per heavy atom. The molecule has 0 aromatic carbocycles. The molecule has 0 amide bonds. The Labute approximate surface area is 120 Å². The summed E-state index contributed by atoms with van der Waals surface area (Å²) in [6.45, 7) is 25.9. The van der Waals surface area contributed by atoms with Gasteiger partial charge in [-0.15, -0.1) is 0 Å². The normalized spacial score (nSPS) is 13.9. The van der Waals surface area contributed by atoms with E-state index < -0.39 is 29.4 Å². The van der Waals surface area contributed by atoms with Crippen LogP contribution in [0.2, 0.25) is 60.0 Å². The van der Waals surface area contributed by atoms with E-state index in [1.807, 2.05) is 0 Å². The van der Waals surface area contributed by atoms with Gasteiger partial charge < -0.3 is 0 Å². The van der Waals surface area contributed by atoms with Crippen molar-refractivity contribution in [3.05, 3.63) is 24.3 Å². The quantitative estimate of drug-likeness (QED) is 0.413. The number of rotatable bonds is 6. The van der Waals surface area contributed by atoms with Gasteiger partial charge in [0.25, 0.3) is 0 Å². The molecular formula is C15H34GeSi2.